The van der Waals surface area contributed by atoms with Crippen molar-refractivity contribution in [3.05, 3.63) is 30.3 Å². The average Bonchev–Trinajstić information content (AvgIpc) is 3.39. The monoisotopic (exact) mass is 324 g/mol. The maximum atomic E-state index is 6.15. The summed E-state index contributed by atoms with van der Waals surface area (Å²) in [6, 6.07) is 9.92. The lowest BCUT2D eigenvalue weighted by Gasteiger charge is -2.29. The Bertz CT molecular complexity index is 445. The molecule has 6 nitrogen and oxygen atoms in total. The Labute approximate surface area is 130 Å². The summed E-state index contributed by atoms with van der Waals surface area (Å²) in [5.41, 5.74) is 0. The molecule has 3 unspecified atom stereocenters. The third-order valence-corrected chi connectivity index (χ3v) is 6.39. The van der Waals surface area contributed by atoms with Gasteiger partial charge in [0, 0.05) is 5.19 Å². The van der Waals surface area contributed by atoms with Crippen molar-refractivity contribution >= 4 is 14.0 Å². The molecule has 1 aromatic rings. The van der Waals surface area contributed by atoms with Crippen LogP contribution in [-0.4, -0.2) is 66.8 Å². The zero-order valence-electron chi connectivity index (χ0n) is 12.3. The van der Waals surface area contributed by atoms with Crippen molar-refractivity contribution < 1.29 is 27.5 Å². The molecule has 22 heavy (non-hydrogen) atoms. The van der Waals surface area contributed by atoms with Crippen molar-refractivity contribution in [3.8, 4) is 0 Å². The molecule has 3 aliphatic rings. The summed E-state index contributed by atoms with van der Waals surface area (Å²) in [5.74, 6) is 0. The Morgan fingerprint density at radius 2 is 1.18 bits per heavy atom. The molecule has 0 saturated carbocycles. The summed E-state index contributed by atoms with van der Waals surface area (Å²) in [5, 5.41) is 0.969. The van der Waals surface area contributed by atoms with Crippen LogP contribution in [0.3, 0.4) is 0 Å². The van der Waals surface area contributed by atoms with Gasteiger partial charge in [-0.25, -0.2) is 0 Å². The van der Waals surface area contributed by atoms with E-state index in [2.05, 4.69) is 0 Å². The van der Waals surface area contributed by atoms with Gasteiger partial charge in [0.05, 0.1) is 39.6 Å². The van der Waals surface area contributed by atoms with Crippen LogP contribution in [0.15, 0.2) is 30.3 Å². The first-order valence-corrected chi connectivity index (χ1v) is 9.39. The molecule has 0 N–H and O–H groups in total. The SMILES string of the molecule is c1ccc([Si](OCC2CO2)(OCC2CO2)OCC2CO2)cc1. The number of hydrogen-bond acceptors (Lipinski definition) is 6. The second-order valence-electron chi connectivity index (χ2n) is 5.72. The normalized spacial score (nSPS) is 31.5. The van der Waals surface area contributed by atoms with E-state index < -0.39 is 8.80 Å². The molecule has 3 saturated heterocycles. The molecule has 0 radical (unpaired) electrons. The molecule has 0 spiro atoms. The van der Waals surface area contributed by atoms with Crippen LogP contribution in [0.25, 0.3) is 0 Å². The van der Waals surface area contributed by atoms with Gasteiger partial charge in [-0.1, -0.05) is 30.3 Å². The highest BCUT2D eigenvalue weighted by Crippen LogP contribution is 2.21. The summed E-state index contributed by atoms with van der Waals surface area (Å²) in [7, 11) is -2.98. The molecular formula is C15H20O6Si. The quantitative estimate of drug-likeness (QED) is 0.449. The van der Waals surface area contributed by atoms with E-state index in [-0.39, 0.29) is 18.3 Å². The Kier molecular flexibility index (Phi) is 4.27. The van der Waals surface area contributed by atoms with Crippen molar-refractivity contribution in [2.75, 3.05) is 39.6 Å². The van der Waals surface area contributed by atoms with Gasteiger partial charge in [0.1, 0.15) is 18.3 Å². The summed E-state index contributed by atoms with van der Waals surface area (Å²) >= 11 is 0. The summed E-state index contributed by atoms with van der Waals surface area (Å²) in [4.78, 5) is 0. The van der Waals surface area contributed by atoms with E-state index in [1.54, 1.807) is 0 Å². The third-order valence-electron chi connectivity index (χ3n) is 3.71. The van der Waals surface area contributed by atoms with E-state index in [0.29, 0.717) is 19.8 Å². The number of ether oxygens (including phenoxy) is 3. The fourth-order valence-electron chi connectivity index (χ4n) is 2.12. The molecule has 4 rings (SSSR count). The van der Waals surface area contributed by atoms with Gasteiger partial charge in [-0.05, 0) is 0 Å². The molecule has 0 bridgehead atoms. The Hall–Kier alpha value is -0.803. The second kappa shape index (κ2) is 6.36. The van der Waals surface area contributed by atoms with Gasteiger partial charge in [0.15, 0.2) is 0 Å². The maximum Gasteiger partial charge on any atom is 0.537 e. The Balaban J connectivity index is 1.51. The largest absolute Gasteiger partial charge is 0.537 e. The van der Waals surface area contributed by atoms with Crippen LogP contribution in [0.2, 0.25) is 0 Å². The van der Waals surface area contributed by atoms with Gasteiger partial charge >= 0.3 is 8.80 Å². The topological polar surface area (TPSA) is 65.3 Å². The molecule has 7 heteroatoms. The molecule has 3 aliphatic heterocycles. The second-order valence-corrected chi connectivity index (χ2v) is 8.28. The molecule has 0 aliphatic carbocycles. The van der Waals surface area contributed by atoms with Gasteiger partial charge in [0.2, 0.25) is 0 Å². The van der Waals surface area contributed by atoms with Crippen molar-refractivity contribution in [3.63, 3.8) is 0 Å². The zero-order valence-corrected chi connectivity index (χ0v) is 13.3. The minimum Gasteiger partial charge on any atom is -0.371 e. The fourth-order valence-corrected chi connectivity index (χ4v) is 4.68. The van der Waals surface area contributed by atoms with Gasteiger partial charge in [-0.15, -0.1) is 0 Å². The molecular weight excluding hydrogens is 304 g/mol. The van der Waals surface area contributed by atoms with Crippen molar-refractivity contribution in [1.29, 1.82) is 0 Å². The molecule has 3 heterocycles. The van der Waals surface area contributed by atoms with Crippen LogP contribution in [0.5, 0.6) is 0 Å². The number of benzene rings is 1. The molecule has 0 amide bonds. The zero-order chi connectivity index (χ0) is 14.8. The number of epoxide rings is 3. The predicted octanol–water partition coefficient (Wildman–Crippen LogP) is 0.0787. The minimum absolute atomic E-state index is 0.164. The average molecular weight is 324 g/mol. The third kappa shape index (κ3) is 3.93. The van der Waals surface area contributed by atoms with E-state index in [9.17, 15) is 0 Å². The lowest BCUT2D eigenvalue weighted by Crippen LogP contribution is -2.58. The molecule has 0 aromatic heterocycles. The Morgan fingerprint density at radius 1 is 0.773 bits per heavy atom. The highest BCUT2D eigenvalue weighted by atomic mass is 28.4. The van der Waals surface area contributed by atoms with Gasteiger partial charge in [-0.2, -0.15) is 0 Å². The van der Waals surface area contributed by atoms with Crippen LogP contribution in [0.4, 0.5) is 0 Å². The first-order chi connectivity index (χ1) is 10.8. The smallest absolute Gasteiger partial charge is 0.371 e. The fraction of sp³-hybridized carbons (Fsp3) is 0.600. The predicted molar refractivity (Wildman–Crippen MR) is 78.9 cm³/mol. The van der Waals surface area contributed by atoms with Gasteiger partial charge in [-0.3, -0.25) is 0 Å². The molecule has 3 atom stereocenters. The molecule has 3 fully saturated rings. The lowest BCUT2D eigenvalue weighted by atomic mass is 10.4. The number of hydrogen-bond donors (Lipinski definition) is 0. The van der Waals surface area contributed by atoms with Crippen LogP contribution < -0.4 is 5.19 Å². The van der Waals surface area contributed by atoms with Crippen LogP contribution in [0, 0.1) is 0 Å². The lowest BCUT2D eigenvalue weighted by molar-refractivity contribution is 0.0577. The molecule has 120 valence electrons. The standard InChI is InChI=1S/C15H20O6Si/c1-2-4-15(5-3-1)22(19-9-12-6-16-12,20-10-13-7-17-13)21-11-14-8-18-14/h1-5,12-14H,6-11H2. The van der Waals surface area contributed by atoms with E-state index in [1.807, 2.05) is 30.3 Å². The van der Waals surface area contributed by atoms with E-state index in [4.69, 9.17) is 27.5 Å². The highest BCUT2D eigenvalue weighted by Gasteiger charge is 2.48. The van der Waals surface area contributed by atoms with Gasteiger partial charge in [0.25, 0.3) is 0 Å². The Morgan fingerprint density at radius 3 is 1.55 bits per heavy atom. The first kappa shape index (κ1) is 14.8. The number of rotatable bonds is 10. The van der Waals surface area contributed by atoms with Crippen LogP contribution in [0.1, 0.15) is 0 Å². The van der Waals surface area contributed by atoms with Gasteiger partial charge < -0.3 is 27.5 Å². The maximum absolute atomic E-state index is 6.15. The summed E-state index contributed by atoms with van der Waals surface area (Å²) in [6.07, 6.45) is 0.492. The summed E-state index contributed by atoms with van der Waals surface area (Å²) in [6.45, 7) is 3.73. The first-order valence-electron chi connectivity index (χ1n) is 7.66. The van der Waals surface area contributed by atoms with Crippen LogP contribution in [-0.2, 0) is 27.5 Å². The van der Waals surface area contributed by atoms with Crippen molar-refractivity contribution in [2.45, 2.75) is 18.3 Å². The van der Waals surface area contributed by atoms with E-state index in [1.165, 1.54) is 0 Å². The minimum atomic E-state index is -2.98. The molecule has 1 aromatic carbocycles. The van der Waals surface area contributed by atoms with Crippen molar-refractivity contribution in [2.24, 2.45) is 0 Å². The van der Waals surface area contributed by atoms with Crippen LogP contribution >= 0.6 is 0 Å². The van der Waals surface area contributed by atoms with E-state index >= 15 is 0 Å². The highest BCUT2D eigenvalue weighted by molar-refractivity contribution is 6.75. The van der Waals surface area contributed by atoms with E-state index in [0.717, 1.165) is 25.0 Å². The summed E-state index contributed by atoms with van der Waals surface area (Å²) < 4.78 is 34.2. The van der Waals surface area contributed by atoms with Crippen molar-refractivity contribution in [1.82, 2.24) is 0 Å².